The number of guanidine groups is 1. The molecule has 0 radical (unpaired) electrons. The van der Waals surface area contributed by atoms with E-state index in [1.165, 1.54) is 0 Å². The molecule has 0 aromatic rings. The van der Waals surface area contributed by atoms with Crippen LogP contribution in [-0.4, -0.2) is 82.2 Å². The summed E-state index contributed by atoms with van der Waals surface area (Å²) < 4.78 is 16.7. The van der Waals surface area contributed by atoms with Crippen LogP contribution in [0.15, 0.2) is 4.99 Å². The van der Waals surface area contributed by atoms with Gasteiger partial charge in [0, 0.05) is 59.7 Å². The summed E-state index contributed by atoms with van der Waals surface area (Å²) >= 11 is 0. The Labute approximate surface area is 182 Å². The van der Waals surface area contributed by atoms with Crippen LogP contribution in [0.25, 0.3) is 0 Å². The van der Waals surface area contributed by atoms with Gasteiger partial charge >= 0.3 is 6.09 Å². The van der Waals surface area contributed by atoms with Gasteiger partial charge in [0.15, 0.2) is 5.96 Å². The number of carbonyl (C=O) groups excluding carboxylic acids is 1. The highest BCUT2D eigenvalue weighted by molar-refractivity contribution is 5.79. The summed E-state index contributed by atoms with van der Waals surface area (Å²) in [6.45, 7) is 12.1. The Morgan fingerprint density at radius 3 is 2.63 bits per heavy atom. The zero-order chi connectivity index (χ0) is 21.8. The van der Waals surface area contributed by atoms with Crippen LogP contribution in [0.4, 0.5) is 4.79 Å². The molecule has 0 saturated carbocycles. The number of amides is 1. The summed E-state index contributed by atoms with van der Waals surface area (Å²) in [7, 11) is 1.78. The minimum Gasteiger partial charge on any atom is -0.444 e. The first kappa shape index (κ1) is 24.7. The maximum atomic E-state index is 12.3. The Kier molecular flexibility index (Phi) is 10.7. The third kappa shape index (κ3) is 9.98. The fourth-order valence-electron chi connectivity index (χ4n) is 3.73. The fraction of sp³-hybridized carbons (Fsp3) is 0.909. The van der Waals surface area contributed by atoms with E-state index in [9.17, 15) is 4.79 Å². The normalized spacial score (nSPS) is 21.4. The van der Waals surface area contributed by atoms with Gasteiger partial charge in [-0.3, -0.25) is 4.99 Å². The molecule has 1 unspecified atom stereocenters. The molecule has 0 aliphatic carbocycles. The second-order valence-electron chi connectivity index (χ2n) is 9.30. The molecule has 2 rings (SSSR count). The molecule has 174 valence electrons. The molecule has 0 spiro atoms. The number of rotatable bonds is 8. The van der Waals surface area contributed by atoms with Crippen molar-refractivity contribution in [1.82, 2.24) is 15.5 Å². The maximum Gasteiger partial charge on any atom is 0.410 e. The number of hydrogen-bond acceptors (Lipinski definition) is 5. The Hall–Kier alpha value is -1.54. The second kappa shape index (κ2) is 13.0. The molecule has 2 heterocycles. The molecule has 1 atom stereocenters. The van der Waals surface area contributed by atoms with Crippen LogP contribution in [0.3, 0.4) is 0 Å². The molecule has 8 heteroatoms. The number of piperidine rings is 1. The zero-order valence-electron chi connectivity index (χ0n) is 19.4. The average molecular weight is 427 g/mol. The van der Waals surface area contributed by atoms with Crippen LogP contribution in [0.1, 0.15) is 52.9 Å². The molecule has 2 fully saturated rings. The van der Waals surface area contributed by atoms with Crippen LogP contribution in [0.2, 0.25) is 0 Å². The van der Waals surface area contributed by atoms with E-state index in [-0.39, 0.29) is 6.09 Å². The van der Waals surface area contributed by atoms with Gasteiger partial charge in [-0.1, -0.05) is 0 Å². The van der Waals surface area contributed by atoms with Crippen molar-refractivity contribution in [2.24, 2.45) is 16.8 Å². The first-order valence-corrected chi connectivity index (χ1v) is 11.5. The second-order valence-corrected chi connectivity index (χ2v) is 9.30. The topological polar surface area (TPSA) is 84.4 Å². The molecule has 8 nitrogen and oxygen atoms in total. The van der Waals surface area contributed by atoms with Gasteiger partial charge in [0.05, 0.1) is 0 Å². The lowest BCUT2D eigenvalue weighted by molar-refractivity contribution is 0.0168. The summed E-state index contributed by atoms with van der Waals surface area (Å²) in [6, 6.07) is 0. The Balaban J connectivity index is 1.57. The first-order chi connectivity index (χ1) is 14.4. The third-order valence-corrected chi connectivity index (χ3v) is 5.40. The van der Waals surface area contributed by atoms with E-state index in [2.05, 4.69) is 15.6 Å². The standard InChI is InChI=1S/C22H42N4O4/c1-22(2,3)30-21(27)26-11-5-7-19(16-26)15-25-20(23-4)24-10-6-12-29-17-18-8-13-28-14-9-18/h18-19H,5-17H2,1-4H3,(H2,23,24,25). The molecule has 2 saturated heterocycles. The van der Waals surface area contributed by atoms with Crippen LogP contribution >= 0.6 is 0 Å². The predicted molar refractivity (Wildman–Crippen MR) is 119 cm³/mol. The van der Waals surface area contributed by atoms with E-state index in [1.54, 1.807) is 7.05 Å². The van der Waals surface area contributed by atoms with Gasteiger partial charge in [-0.25, -0.2) is 4.79 Å². The average Bonchev–Trinajstić information content (AvgIpc) is 2.72. The Morgan fingerprint density at radius 2 is 1.93 bits per heavy atom. The van der Waals surface area contributed by atoms with Crippen molar-refractivity contribution in [3.05, 3.63) is 0 Å². The molecule has 0 aromatic carbocycles. The van der Waals surface area contributed by atoms with E-state index < -0.39 is 5.60 Å². The monoisotopic (exact) mass is 426 g/mol. The predicted octanol–water partition coefficient (Wildman–Crippen LogP) is 2.63. The molecular weight excluding hydrogens is 384 g/mol. The van der Waals surface area contributed by atoms with E-state index >= 15 is 0 Å². The summed E-state index contributed by atoms with van der Waals surface area (Å²) in [4.78, 5) is 18.4. The smallest absolute Gasteiger partial charge is 0.410 e. The highest BCUT2D eigenvalue weighted by atomic mass is 16.6. The zero-order valence-corrected chi connectivity index (χ0v) is 19.4. The number of likely N-dealkylation sites (tertiary alicyclic amines) is 1. The lowest BCUT2D eigenvalue weighted by atomic mass is 9.98. The van der Waals surface area contributed by atoms with E-state index in [0.717, 1.165) is 90.7 Å². The summed E-state index contributed by atoms with van der Waals surface area (Å²) in [6.07, 6.45) is 5.06. The molecule has 30 heavy (non-hydrogen) atoms. The first-order valence-electron chi connectivity index (χ1n) is 11.5. The van der Waals surface area contributed by atoms with E-state index in [1.807, 2.05) is 25.7 Å². The molecule has 2 N–H and O–H groups in total. The highest BCUT2D eigenvalue weighted by Crippen LogP contribution is 2.19. The van der Waals surface area contributed by atoms with Crippen molar-refractivity contribution >= 4 is 12.1 Å². The molecule has 2 aliphatic rings. The maximum absolute atomic E-state index is 12.3. The van der Waals surface area contributed by atoms with Crippen molar-refractivity contribution in [2.45, 2.75) is 58.5 Å². The van der Waals surface area contributed by atoms with Gasteiger partial charge in [-0.2, -0.15) is 0 Å². The summed E-state index contributed by atoms with van der Waals surface area (Å²) in [5.74, 6) is 1.85. The van der Waals surface area contributed by atoms with Gasteiger partial charge in [0.2, 0.25) is 0 Å². The van der Waals surface area contributed by atoms with Gasteiger partial charge in [0.25, 0.3) is 0 Å². The van der Waals surface area contributed by atoms with Gasteiger partial charge in [-0.15, -0.1) is 0 Å². The number of aliphatic imine (C=N–C) groups is 1. The Bertz CT molecular complexity index is 530. The highest BCUT2D eigenvalue weighted by Gasteiger charge is 2.27. The van der Waals surface area contributed by atoms with E-state index in [4.69, 9.17) is 14.2 Å². The third-order valence-electron chi connectivity index (χ3n) is 5.40. The molecule has 0 bridgehead atoms. The number of nitrogens with zero attached hydrogens (tertiary/aromatic N) is 2. The lowest BCUT2D eigenvalue weighted by Gasteiger charge is -2.34. The summed E-state index contributed by atoms with van der Waals surface area (Å²) in [5, 5.41) is 6.74. The quantitative estimate of drug-likeness (QED) is 0.353. The van der Waals surface area contributed by atoms with Crippen molar-refractivity contribution in [2.75, 3.05) is 59.7 Å². The van der Waals surface area contributed by atoms with Crippen LogP contribution < -0.4 is 10.6 Å². The lowest BCUT2D eigenvalue weighted by Crippen LogP contribution is -2.47. The summed E-state index contributed by atoms with van der Waals surface area (Å²) in [5.41, 5.74) is -0.456. The number of ether oxygens (including phenoxy) is 3. The molecular formula is C22H42N4O4. The van der Waals surface area contributed by atoms with E-state index in [0.29, 0.717) is 11.8 Å². The van der Waals surface area contributed by atoms with Crippen LogP contribution in [-0.2, 0) is 14.2 Å². The fourth-order valence-corrected chi connectivity index (χ4v) is 3.73. The largest absolute Gasteiger partial charge is 0.444 e. The van der Waals surface area contributed by atoms with Crippen molar-refractivity contribution in [3.8, 4) is 0 Å². The van der Waals surface area contributed by atoms with Gasteiger partial charge in [-0.05, 0) is 64.7 Å². The van der Waals surface area contributed by atoms with Crippen LogP contribution in [0, 0.1) is 11.8 Å². The van der Waals surface area contributed by atoms with Crippen molar-refractivity contribution < 1.29 is 19.0 Å². The SMILES string of the molecule is CN=C(NCCCOCC1CCOCC1)NCC1CCCN(C(=O)OC(C)(C)C)C1. The number of carbonyl (C=O) groups is 1. The number of nitrogens with one attached hydrogen (secondary N) is 2. The van der Waals surface area contributed by atoms with Crippen LogP contribution in [0.5, 0.6) is 0 Å². The Morgan fingerprint density at radius 1 is 1.17 bits per heavy atom. The molecule has 1 amide bonds. The molecule has 2 aliphatic heterocycles. The van der Waals surface area contributed by atoms with Gasteiger partial charge in [0.1, 0.15) is 5.60 Å². The van der Waals surface area contributed by atoms with Gasteiger partial charge < -0.3 is 29.7 Å². The number of hydrogen-bond donors (Lipinski definition) is 2. The van der Waals surface area contributed by atoms with Crippen molar-refractivity contribution in [1.29, 1.82) is 0 Å². The molecule has 0 aromatic heterocycles. The minimum atomic E-state index is -0.456. The van der Waals surface area contributed by atoms with Crippen molar-refractivity contribution in [3.63, 3.8) is 0 Å². The minimum absolute atomic E-state index is 0.213.